The number of fused-ring (bicyclic) bond motifs is 1. The fourth-order valence-corrected chi connectivity index (χ4v) is 2.97. The summed E-state index contributed by atoms with van der Waals surface area (Å²) in [7, 11) is 0. The van der Waals surface area contributed by atoms with E-state index in [1.165, 1.54) is 28.8 Å². The molecular formula is C19H23NO. The predicted molar refractivity (Wildman–Crippen MR) is 88.2 cm³/mol. The molecule has 0 spiro atoms. The first kappa shape index (κ1) is 14.0. The summed E-state index contributed by atoms with van der Waals surface area (Å²) in [5, 5.41) is 3.56. The van der Waals surface area contributed by atoms with Crippen LogP contribution in [0.25, 0.3) is 0 Å². The second kappa shape index (κ2) is 6.21. The van der Waals surface area contributed by atoms with E-state index in [1.807, 2.05) is 0 Å². The molecule has 110 valence electrons. The van der Waals surface area contributed by atoms with Crippen molar-refractivity contribution in [2.45, 2.75) is 39.2 Å². The zero-order valence-corrected chi connectivity index (χ0v) is 12.9. The Morgan fingerprint density at radius 1 is 1.19 bits per heavy atom. The van der Waals surface area contributed by atoms with E-state index in [4.69, 9.17) is 4.74 Å². The minimum atomic E-state index is 0.233. The van der Waals surface area contributed by atoms with Gasteiger partial charge in [0.05, 0.1) is 6.54 Å². The third kappa shape index (κ3) is 3.21. The number of hydrogen-bond donors (Lipinski definition) is 1. The minimum Gasteiger partial charge on any atom is -0.488 e. The molecule has 2 heteroatoms. The SMILES string of the molecule is CCCc1ccccc1NCC1Cc2cc(C)ccc2O1. The summed E-state index contributed by atoms with van der Waals surface area (Å²) in [6, 6.07) is 15.0. The second-order valence-electron chi connectivity index (χ2n) is 5.84. The fourth-order valence-electron chi connectivity index (χ4n) is 2.97. The zero-order valence-electron chi connectivity index (χ0n) is 12.9. The van der Waals surface area contributed by atoms with Crippen molar-refractivity contribution < 1.29 is 4.74 Å². The minimum absolute atomic E-state index is 0.233. The molecule has 2 nitrogen and oxygen atoms in total. The summed E-state index contributed by atoms with van der Waals surface area (Å²) >= 11 is 0. The fraction of sp³-hybridized carbons (Fsp3) is 0.368. The molecule has 1 aliphatic rings. The van der Waals surface area contributed by atoms with Crippen LogP contribution in [-0.4, -0.2) is 12.6 Å². The Bertz CT molecular complexity index is 621. The van der Waals surface area contributed by atoms with E-state index in [0.29, 0.717) is 0 Å². The van der Waals surface area contributed by atoms with Gasteiger partial charge in [-0.25, -0.2) is 0 Å². The Morgan fingerprint density at radius 2 is 2.05 bits per heavy atom. The van der Waals surface area contributed by atoms with Crippen LogP contribution in [-0.2, 0) is 12.8 Å². The van der Waals surface area contributed by atoms with Crippen molar-refractivity contribution in [3.63, 3.8) is 0 Å². The summed E-state index contributed by atoms with van der Waals surface area (Å²) in [5.74, 6) is 1.05. The van der Waals surface area contributed by atoms with Crippen LogP contribution in [0.3, 0.4) is 0 Å². The van der Waals surface area contributed by atoms with Gasteiger partial charge in [-0.3, -0.25) is 0 Å². The number of aryl methyl sites for hydroxylation is 2. The van der Waals surface area contributed by atoms with Crippen LogP contribution in [0.4, 0.5) is 5.69 Å². The lowest BCUT2D eigenvalue weighted by Crippen LogP contribution is -2.24. The third-order valence-electron chi connectivity index (χ3n) is 4.01. The summed E-state index contributed by atoms with van der Waals surface area (Å²) in [6.07, 6.45) is 3.52. The smallest absolute Gasteiger partial charge is 0.123 e. The van der Waals surface area contributed by atoms with Crippen LogP contribution >= 0.6 is 0 Å². The van der Waals surface area contributed by atoms with E-state index >= 15 is 0 Å². The summed E-state index contributed by atoms with van der Waals surface area (Å²) in [4.78, 5) is 0. The zero-order chi connectivity index (χ0) is 14.7. The number of ether oxygens (including phenoxy) is 1. The average molecular weight is 281 g/mol. The van der Waals surface area contributed by atoms with Gasteiger partial charge < -0.3 is 10.1 Å². The molecule has 0 aromatic heterocycles. The van der Waals surface area contributed by atoms with Gasteiger partial charge in [0, 0.05) is 12.1 Å². The van der Waals surface area contributed by atoms with Gasteiger partial charge in [-0.1, -0.05) is 49.2 Å². The van der Waals surface area contributed by atoms with E-state index in [1.54, 1.807) is 0 Å². The predicted octanol–water partition coefficient (Wildman–Crippen LogP) is 4.36. The Morgan fingerprint density at radius 3 is 2.90 bits per heavy atom. The Hall–Kier alpha value is -1.96. The van der Waals surface area contributed by atoms with Gasteiger partial charge in [0.2, 0.25) is 0 Å². The highest BCUT2D eigenvalue weighted by Gasteiger charge is 2.22. The van der Waals surface area contributed by atoms with Crippen molar-refractivity contribution in [3.8, 4) is 5.75 Å². The van der Waals surface area contributed by atoms with E-state index in [9.17, 15) is 0 Å². The Balaban J connectivity index is 1.62. The second-order valence-corrected chi connectivity index (χ2v) is 5.84. The number of anilines is 1. The number of para-hydroxylation sites is 1. The quantitative estimate of drug-likeness (QED) is 0.879. The van der Waals surface area contributed by atoms with Crippen molar-refractivity contribution in [1.82, 2.24) is 0 Å². The van der Waals surface area contributed by atoms with Crippen molar-refractivity contribution in [2.24, 2.45) is 0 Å². The van der Waals surface area contributed by atoms with Crippen LogP contribution in [0.15, 0.2) is 42.5 Å². The molecule has 0 saturated carbocycles. The van der Waals surface area contributed by atoms with Crippen LogP contribution in [0, 0.1) is 6.92 Å². The molecule has 2 aromatic rings. The normalized spacial score (nSPS) is 16.4. The molecule has 0 radical (unpaired) electrons. The maximum atomic E-state index is 6.02. The van der Waals surface area contributed by atoms with Gasteiger partial charge in [-0.05, 0) is 36.6 Å². The lowest BCUT2D eigenvalue weighted by atomic mass is 10.1. The van der Waals surface area contributed by atoms with Crippen LogP contribution < -0.4 is 10.1 Å². The van der Waals surface area contributed by atoms with Crippen molar-refractivity contribution >= 4 is 5.69 Å². The highest BCUT2D eigenvalue weighted by molar-refractivity contribution is 5.51. The van der Waals surface area contributed by atoms with Crippen molar-refractivity contribution in [3.05, 3.63) is 59.2 Å². The summed E-state index contributed by atoms with van der Waals surface area (Å²) in [5.41, 5.74) is 5.28. The van der Waals surface area contributed by atoms with Crippen LogP contribution in [0.5, 0.6) is 5.75 Å². The van der Waals surface area contributed by atoms with Gasteiger partial charge >= 0.3 is 0 Å². The maximum absolute atomic E-state index is 6.02. The number of hydrogen-bond acceptors (Lipinski definition) is 2. The number of rotatable bonds is 5. The molecule has 2 aromatic carbocycles. The number of benzene rings is 2. The molecule has 0 saturated heterocycles. The maximum Gasteiger partial charge on any atom is 0.123 e. The third-order valence-corrected chi connectivity index (χ3v) is 4.01. The molecular weight excluding hydrogens is 258 g/mol. The number of nitrogens with one attached hydrogen (secondary N) is 1. The van der Waals surface area contributed by atoms with E-state index in [-0.39, 0.29) is 6.10 Å². The van der Waals surface area contributed by atoms with Gasteiger partial charge in [0.15, 0.2) is 0 Å². The molecule has 1 atom stereocenters. The molecule has 0 fully saturated rings. The topological polar surface area (TPSA) is 21.3 Å². The molecule has 0 amide bonds. The monoisotopic (exact) mass is 281 g/mol. The largest absolute Gasteiger partial charge is 0.488 e. The average Bonchev–Trinajstić information content (AvgIpc) is 2.88. The first-order chi connectivity index (χ1) is 10.3. The lowest BCUT2D eigenvalue weighted by molar-refractivity contribution is 0.246. The van der Waals surface area contributed by atoms with E-state index in [2.05, 4.69) is 61.6 Å². The van der Waals surface area contributed by atoms with Gasteiger partial charge in [0.1, 0.15) is 11.9 Å². The molecule has 0 aliphatic carbocycles. The highest BCUT2D eigenvalue weighted by atomic mass is 16.5. The first-order valence-electron chi connectivity index (χ1n) is 7.84. The molecule has 1 N–H and O–H groups in total. The first-order valence-corrected chi connectivity index (χ1v) is 7.84. The Kier molecular flexibility index (Phi) is 4.14. The lowest BCUT2D eigenvalue weighted by Gasteiger charge is -2.15. The van der Waals surface area contributed by atoms with Crippen molar-refractivity contribution in [2.75, 3.05) is 11.9 Å². The molecule has 21 heavy (non-hydrogen) atoms. The molecule has 1 heterocycles. The molecule has 1 unspecified atom stereocenters. The van der Waals surface area contributed by atoms with E-state index in [0.717, 1.165) is 25.1 Å². The molecule has 0 bridgehead atoms. The van der Waals surface area contributed by atoms with Gasteiger partial charge in [0.25, 0.3) is 0 Å². The molecule has 3 rings (SSSR count). The summed E-state index contributed by atoms with van der Waals surface area (Å²) < 4.78 is 6.02. The van der Waals surface area contributed by atoms with Crippen molar-refractivity contribution in [1.29, 1.82) is 0 Å². The van der Waals surface area contributed by atoms with Gasteiger partial charge in [-0.15, -0.1) is 0 Å². The highest BCUT2D eigenvalue weighted by Crippen LogP contribution is 2.29. The molecule has 1 aliphatic heterocycles. The van der Waals surface area contributed by atoms with Crippen LogP contribution in [0.2, 0.25) is 0 Å². The standard InChI is InChI=1S/C19H23NO/c1-3-6-15-7-4-5-8-18(15)20-13-17-12-16-11-14(2)9-10-19(16)21-17/h4-5,7-11,17,20H,3,6,12-13H2,1-2H3. The van der Waals surface area contributed by atoms with Gasteiger partial charge in [-0.2, -0.15) is 0 Å². The summed E-state index contributed by atoms with van der Waals surface area (Å²) in [6.45, 7) is 5.21. The van der Waals surface area contributed by atoms with Crippen LogP contribution in [0.1, 0.15) is 30.0 Å². The Labute approximate surface area is 127 Å². The van der Waals surface area contributed by atoms with E-state index < -0.39 is 0 Å².